The lowest BCUT2D eigenvalue weighted by Gasteiger charge is -2.42. The Bertz CT molecular complexity index is 2520. The van der Waals surface area contributed by atoms with Crippen LogP contribution in [0.3, 0.4) is 0 Å². The maximum atomic E-state index is 15.2. The molecule has 1 saturated heterocycles. The molecular weight excluding hydrogens is 925 g/mol. The van der Waals surface area contributed by atoms with Gasteiger partial charge in [0.15, 0.2) is 8.32 Å². The van der Waals surface area contributed by atoms with E-state index in [0.717, 1.165) is 27.9 Å². The number of benzene rings is 4. The summed E-state index contributed by atoms with van der Waals surface area (Å²) in [6.45, 7) is 21.2. The van der Waals surface area contributed by atoms with E-state index in [2.05, 4.69) is 59.9 Å². The van der Waals surface area contributed by atoms with Crippen molar-refractivity contribution in [3.8, 4) is 17.1 Å². The molecule has 0 unspecified atom stereocenters. The number of rotatable bonds is 19. The zero-order chi connectivity index (χ0) is 52.2. The summed E-state index contributed by atoms with van der Waals surface area (Å²) in [5.41, 5.74) is 3.56. The van der Waals surface area contributed by atoms with Gasteiger partial charge in [-0.1, -0.05) is 138 Å². The van der Waals surface area contributed by atoms with E-state index in [1.165, 1.54) is 4.80 Å². The van der Waals surface area contributed by atoms with E-state index in [0.29, 0.717) is 44.6 Å². The molecule has 4 amide bonds. The Balaban J connectivity index is 1.28. The van der Waals surface area contributed by atoms with Crippen LogP contribution in [0.25, 0.3) is 17.1 Å². The number of ether oxygens (including phenoxy) is 2. The van der Waals surface area contributed by atoms with Gasteiger partial charge in [0.2, 0.25) is 17.6 Å². The average Bonchev–Trinajstić information content (AvgIpc) is 3.84. The molecule has 2 heterocycles. The number of piperidine rings is 1. The Hall–Kier alpha value is -6.39. The highest BCUT2D eigenvalue weighted by atomic mass is 28.4. The van der Waals surface area contributed by atoms with Crippen molar-refractivity contribution >= 4 is 32.3 Å². The van der Waals surface area contributed by atoms with Crippen molar-refractivity contribution in [1.82, 2.24) is 40.6 Å². The van der Waals surface area contributed by atoms with Crippen molar-refractivity contribution in [3.05, 3.63) is 132 Å². The number of hydrogen-bond donors (Lipinski definition) is 2. The van der Waals surface area contributed by atoms with Gasteiger partial charge in [-0.3, -0.25) is 9.59 Å². The van der Waals surface area contributed by atoms with Crippen molar-refractivity contribution in [1.29, 1.82) is 0 Å². The summed E-state index contributed by atoms with van der Waals surface area (Å²) in [5, 5.41) is 19.4. The van der Waals surface area contributed by atoms with Gasteiger partial charge in [-0.15, -0.1) is 15.0 Å². The first-order valence-electron chi connectivity index (χ1n) is 25.3. The largest absolute Gasteiger partial charge is 0.445 e. The number of para-hydroxylation sites is 1. The van der Waals surface area contributed by atoms with Gasteiger partial charge in [-0.05, 0) is 111 Å². The van der Waals surface area contributed by atoms with E-state index in [9.17, 15) is 14.4 Å². The number of aromatic nitrogens is 4. The third kappa shape index (κ3) is 15.6. The molecule has 15 nitrogen and oxygen atoms in total. The number of likely N-dealkylation sites (tertiary alicyclic amines) is 1. The number of nitrogens with one attached hydrogen (secondary N) is 2. The molecule has 1 fully saturated rings. The summed E-state index contributed by atoms with van der Waals surface area (Å²) in [6, 6.07) is 35.3. The Labute approximate surface area is 427 Å². The average molecular weight is 1000 g/mol. The standard InChI is InChI=1S/C56H76N8O7Si/c1-39(2)49(52(66)63-33-31-45(32-34-63)62(9)54(68)69-38-42-23-17-13-18-24-42)58-51(65)44(35-41-27-29-43(30-28-41)50-59-61-64(60-50)46-25-19-14-20-26-46)37-48(71-72(10,11)56(6,7)8)47(36-40-21-15-12-16-22-40)57-53(67)70-55(3,4)5/h12-30,39,44-45,47-49H,31-38H2,1-11H3,(H,57,67)(H,58,65)/t44-,47+,48+,49+/m1/s1. The Morgan fingerprint density at radius 3 is 1.90 bits per heavy atom. The van der Waals surface area contributed by atoms with E-state index < -0.39 is 50.2 Å². The summed E-state index contributed by atoms with van der Waals surface area (Å²) in [5.74, 6) is -0.972. The number of nitrogens with zero attached hydrogens (tertiary/aromatic N) is 6. The van der Waals surface area contributed by atoms with Gasteiger partial charge in [-0.2, -0.15) is 0 Å². The van der Waals surface area contributed by atoms with Crippen LogP contribution in [-0.4, -0.2) is 112 Å². The quantitative estimate of drug-likeness (QED) is 0.0760. The van der Waals surface area contributed by atoms with Crippen LogP contribution in [0.4, 0.5) is 9.59 Å². The summed E-state index contributed by atoms with van der Waals surface area (Å²) in [7, 11) is -0.838. The summed E-state index contributed by atoms with van der Waals surface area (Å²) >= 11 is 0. The monoisotopic (exact) mass is 1000 g/mol. The number of carbonyl (C=O) groups is 4. The fourth-order valence-corrected chi connectivity index (χ4v) is 9.89. The molecule has 72 heavy (non-hydrogen) atoms. The van der Waals surface area contributed by atoms with Crippen LogP contribution in [-0.2, 0) is 42.9 Å². The minimum atomic E-state index is -2.58. The van der Waals surface area contributed by atoms with Crippen LogP contribution in [0.5, 0.6) is 0 Å². The molecule has 2 N–H and O–H groups in total. The lowest BCUT2D eigenvalue weighted by Crippen LogP contribution is -2.57. The van der Waals surface area contributed by atoms with E-state index in [-0.39, 0.29) is 41.8 Å². The Kier molecular flexibility index (Phi) is 18.6. The molecule has 0 radical (unpaired) electrons. The molecule has 0 saturated carbocycles. The lowest BCUT2D eigenvalue weighted by atomic mass is 9.88. The van der Waals surface area contributed by atoms with E-state index in [1.54, 1.807) is 16.8 Å². The SMILES string of the molecule is CC(C)[C@H](NC(=O)[C@H](Cc1ccc(-c2nnn(-c3ccccc3)n2)cc1)C[C@H](O[Si](C)(C)C(C)(C)C)[C@H](Cc1ccccc1)NC(=O)OC(C)(C)C)C(=O)N1CCC(N(C)C(=O)OCc2ccccc2)CC1. The van der Waals surface area contributed by atoms with E-state index >= 15 is 4.79 Å². The third-order valence-corrected chi connectivity index (χ3v) is 18.2. The lowest BCUT2D eigenvalue weighted by molar-refractivity contribution is -0.140. The van der Waals surface area contributed by atoms with Gasteiger partial charge in [0.1, 0.15) is 18.2 Å². The minimum Gasteiger partial charge on any atom is -0.445 e. The molecule has 1 aliphatic rings. The Morgan fingerprint density at radius 2 is 1.33 bits per heavy atom. The second-order valence-electron chi connectivity index (χ2n) is 21.9. The van der Waals surface area contributed by atoms with Gasteiger partial charge < -0.3 is 34.3 Å². The predicted octanol–water partition coefficient (Wildman–Crippen LogP) is 9.80. The molecular formula is C56H76N8O7Si. The van der Waals surface area contributed by atoms with Crippen LogP contribution in [0.1, 0.15) is 91.3 Å². The normalized spacial score (nSPS) is 15.2. The smallest absolute Gasteiger partial charge is 0.410 e. The summed E-state index contributed by atoms with van der Waals surface area (Å²) in [6.07, 6.45) is 0.443. The number of alkyl carbamates (subject to hydrolysis) is 1. The predicted molar refractivity (Wildman–Crippen MR) is 283 cm³/mol. The molecule has 4 atom stereocenters. The molecule has 0 bridgehead atoms. The van der Waals surface area contributed by atoms with Crippen molar-refractivity contribution in [2.75, 3.05) is 20.1 Å². The maximum absolute atomic E-state index is 15.2. The van der Waals surface area contributed by atoms with Crippen molar-refractivity contribution < 1.29 is 33.1 Å². The highest BCUT2D eigenvalue weighted by molar-refractivity contribution is 6.74. The molecule has 386 valence electrons. The minimum absolute atomic E-state index is 0.109. The third-order valence-electron chi connectivity index (χ3n) is 13.7. The zero-order valence-electron chi connectivity index (χ0n) is 44.1. The molecule has 5 aromatic rings. The van der Waals surface area contributed by atoms with Crippen molar-refractivity contribution in [3.63, 3.8) is 0 Å². The van der Waals surface area contributed by atoms with Gasteiger partial charge in [0.05, 0.1) is 17.8 Å². The highest BCUT2D eigenvalue weighted by Crippen LogP contribution is 2.39. The molecule has 16 heteroatoms. The first-order chi connectivity index (χ1) is 34.1. The second kappa shape index (κ2) is 24.4. The van der Waals surface area contributed by atoms with Crippen molar-refractivity contribution in [2.24, 2.45) is 11.8 Å². The first kappa shape index (κ1) is 54.9. The van der Waals surface area contributed by atoms with Gasteiger partial charge in [0, 0.05) is 37.7 Å². The molecule has 0 aliphatic carbocycles. The van der Waals surface area contributed by atoms with Crippen LogP contribution in [0.2, 0.25) is 18.1 Å². The molecule has 1 aliphatic heterocycles. The van der Waals surface area contributed by atoms with Crippen LogP contribution in [0, 0.1) is 11.8 Å². The second-order valence-corrected chi connectivity index (χ2v) is 26.6. The van der Waals surface area contributed by atoms with Crippen LogP contribution in [0.15, 0.2) is 115 Å². The van der Waals surface area contributed by atoms with E-state index in [4.69, 9.17) is 13.9 Å². The highest BCUT2D eigenvalue weighted by Gasteiger charge is 2.43. The molecule has 4 aromatic carbocycles. The van der Waals surface area contributed by atoms with Crippen LogP contribution < -0.4 is 10.6 Å². The maximum Gasteiger partial charge on any atom is 0.410 e. The molecule has 6 rings (SSSR count). The summed E-state index contributed by atoms with van der Waals surface area (Å²) < 4.78 is 18.8. The van der Waals surface area contributed by atoms with Crippen molar-refractivity contribution in [2.45, 2.75) is 142 Å². The molecule has 1 aromatic heterocycles. The van der Waals surface area contributed by atoms with Gasteiger partial charge >= 0.3 is 12.2 Å². The van der Waals surface area contributed by atoms with Gasteiger partial charge in [0.25, 0.3) is 0 Å². The van der Waals surface area contributed by atoms with Gasteiger partial charge in [-0.25, -0.2) is 9.59 Å². The molecule has 0 spiro atoms. The fraction of sp³-hybridized carbons (Fsp3) is 0.482. The fourth-order valence-electron chi connectivity index (χ4n) is 8.52. The number of carbonyl (C=O) groups excluding carboxylic acids is 4. The Morgan fingerprint density at radius 1 is 0.764 bits per heavy atom. The van der Waals surface area contributed by atoms with E-state index in [1.807, 2.05) is 150 Å². The number of tetrazole rings is 1. The number of hydrogen-bond acceptors (Lipinski definition) is 10. The number of amides is 4. The summed E-state index contributed by atoms with van der Waals surface area (Å²) in [4.78, 5) is 61.5. The zero-order valence-corrected chi connectivity index (χ0v) is 45.1. The first-order valence-corrected chi connectivity index (χ1v) is 28.2. The topological polar surface area (TPSA) is 170 Å². The van der Waals surface area contributed by atoms with Crippen LogP contribution >= 0.6 is 0 Å².